The zero-order valence-corrected chi connectivity index (χ0v) is 17.9. The van der Waals surface area contributed by atoms with Crippen molar-refractivity contribution in [1.29, 1.82) is 0 Å². The third kappa shape index (κ3) is 4.69. The van der Waals surface area contributed by atoms with Gasteiger partial charge >= 0.3 is 0 Å². The van der Waals surface area contributed by atoms with Crippen molar-refractivity contribution < 1.29 is 9.72 Å². The zero-order valence-electron chi connectivity index (χ0n) is 17.9. The maximum atomic E-state index is 13.1. The minimum Gasteiger partial charge on any atom is -0.325 e. The molecule has 0 aliphatic rings. The number of aromatic nitrogens is 4. The van der Waals surface area contributed by atoms with E-state index in [0.29, 0.717) is 11.4 Å². The van der Waals surface area contributed by atoms with Gasteiger partial charge in [0.1, 0.15) is 6.54 Å². The summed E-state index contributed by atoms with van der Waals surface area (Å²) in [6.45, 7) is 3.35. The van der Waals surface area contributed by atoms with E-state index in [1.54, 1.807) is 0 Å². The van der Waals surface area contributed by atoms with Crippen molar-refractivity contribution in [2.75, 3.05) is 5.32 Å². The summed E-state index contributed by atoms with van der Waals surface area (Å²) in [6.07, 6.45) is 0. The Morgan fingerprint density at radius 3 is 2.36 bits per heavy atom. The number of hydrogen-bond acceptors (Lipinski definition) is 6. The number of nitro groups is 1. The van der Waals surface area contributed by atoms with Crippen LogP contribution in [0.3, 0.4) is 0 Å². The first-order valence-electron chi connectivity index (χ1n) is 10.1. The third-order valence-corrected chi connectivity index (χ3v) is 4.92. The molecule has 2 heterocycles. The Labute approximate surface area is 188 Å². The normalized spacial score (nSPS) is 10.7. The number of anilines is 1. The van der Waals surface area contributed by atoms with Crippen molar-refractivity contribution >= 4 is 17.3 Å². The Bertz CT molecular complexity index is 1390. The van der Waals surface area contributed by atoms with Crippen LogP contribution in [0, 0.1) is 24.0 Å². The Balaban J connectivity index is 1.71. The van der Waals surface area contributed by atoms with Crippen LogP contribution in [0.2, 0.25) is 0 Å². The largest absolute Gasteiger partial charge is 0.325 e. The SMILES string of the molecule is Cc1cc(C)n(-c2nc(-c3ccccc3)cc(=O)n2CC(=O)Nc2ccc([N+](=O)[O-])cc2)n1. The van der Waals surface area contributed by atoms with Crippen molar-refractivity contribution in [1.82, 2.24) is 19.3 Å². The van der Waals surface area contributed by atoms with Crippen LogP contribution < -0.4 is 10.9 Å². The summed E-state index contributed by atoms with van der Waals surface area (Å²) in [5, 5.41) is 17.9. The predicted molar refractivity (Wildman–Crippen MR) is 122 cm³/mol. The highest BCUT2D eigenvalue weighted by Crippen LogP contribution is 2.18. The number of carbonyl (C=O) groups is 1. The van der Waals surface area contributed by atoms with Crippen molar-refractivity contribution in [2.45, 2.75) is 20.4 Å². The lowest BCUT2D eigenvalue weighted by molar-refractivity contribution is -0.384. The maximum Gasteiger partial charge on any atom is 0.269 e. The number of benzene rings is 2. The average molecular weight is 444 g/mol. The first-order chi connectivity index (χ1) is 15.8. The molecule has 2 aromatic heterocycles. The second-order valence-electron chi connectivity index (χ2n) is 7.42. The van der Waals surface area contributed by atoms with Gasteiger partial charge in [0.05, 0.1) is 16.3 Å². The number of nitro benzene ring substituents is 1. The topological polar surface area (TPSA) is 125 Å². The quantitative estimate of drug-likeness (QED) is 0.359. The molecule has 0 fully saturated rings. The number of nitrogens with one attached hydrogen (secondary N) is 1. The Morgan fingerprint density at radius 2 is 1.76 bits per heavy atom. The molecule has 0 saturated heterocycles. The van der Waals surface area contributed by atoms with Crippen LogP contribution in [0.25, 0.3) is 17.2 Å². The van der Waals surface area contributed by atoms with Crippen LogP contribution in [0.15, 0.2) is 71.5 Å². The number of rotatable bonds is 6. The molecule has 2 aromatic carbocycles. The monoisotopic (exact) mass is 444 g/mol. The molecule has 4 rings (SSSR count). The van der Waals surface area contributed by atoms with Gasteiger partial charge in [0, 0.05) is 35.1 Å². The molecular formula is C23H20N6O4. The number of aryl methyl sites for hydroxylation is 2. The van der Waals surface area contributed by atoms with E-state index in [4.69, 9.17) is 0 Å². The minimum atomic E-state index is -0.522. The molecule has 166 valence electrons. The molecule has 0 spiro atoms. The molecule has 33 heavy (non-hydrogen) atoms. The van der Waals surface area contributed by atoms with Crippen LogP contribution >= 0.6 is 0 Å². The maximum absolute atomic E-state index is 13.1. The van der Waals surface area contributed by atoms with E-state index in [2.05, 4.69) is 15.4 Å². The minimum absolute atomic E-state index is 0.0864. The molecule has 10 heteroatoms. The first kappa shape index (κ1) is 21.6. The second-order valence-corrected chi connectivity index (χ2v) is 7.42. The Hall–Kier alpha value is -4.60. The summed E-state index contributed by atoms with van der Waals surface area (Å²) in [6, 6.07) is 17.9. The van der Waals surface area contributed by atoms with Gasteiger partial charge in [-0.1, -0.05) is 30.3 Å². The number of hydrogen-bond donors (Lipinski definition) is 1. The van der Waals surface area contributed by atoms with Gasteiger partial charge in [0.2, 0.25) is 11.9 Å². The van der Waals surface area contributed by atoms with Gasteiger partial charge in [-0.15, -0.1) is 0 Å². The van der Waals surface area contributed by atoms with E-state index < -0.39 is 16.4 Å². The molecule has 0 aliphatic carbocycles. The molecule has 0 atom stereocenters. The van der Waals surface area contributed by atoms with Gasteiger partial charge in [-0.2, -0.15) is 5.10 Å². The Morgan fingerprint density at radius 1 is 1.06 bits per heavy atom. The first-order valence-corrected chi connectivity index (χ1v) is 10.1. The summed E-state index contributed by atoms with van der Waals surface area (Å²) >= 11 is 0. The van der Waals surface area contributed by atoms with E-state index in [1.165, 1.54) is 39.6 Å². The van der Waals surface area contributed by atoms with E-state index >= 15 is 0 Å². The molecule has 10 nitrogen and oxygen atoms in total. The molecule has 0 unspecified atom stereocenters. The van der Waals surface area contributed by atoms with Gasteiger partial charge in [0.25, 0.3) is 11.2 Å². The third-order valence-electron chi connectivity index (χ3n) is 4.92. The van der Waals surface area contributed by atoms with Gasteiger partial charge in [-0.05, 0) is 32.0 Å². The molecule has 0 bridgehead atoms. The van der Waals surface area contributed by atoms with Crippen LogP contribution in [0.5, 0.6) is 0 Å². The predicted octanol–water partition coefficient (Wildman–Crippen LogP) is 3.26. The second kappa shape index (κ2) is 8.87. The number of carbonyl (C=O) groups excluding carboxylic acids is 1. The number of nitrogens with zero attached hydrogens (tertiary/aromatic N) is 5. The van der Waals surface area contributed by atoms with E-state index in [0.717, 1.165) is 17.0 Å². The van der Waals surface area contributed by atoms with Gasteiger partial charge in [0.15, 0.2) is 0 Å². The lowest BCUT2D eigenvalue weighted by Gasteiger charge is -2.14. The molecular weight excluding hydrogens is 424 g/mol. The fraction of sp³-hybridized carbons (Fsp3) is 0.130. The highest BCUT2D eigenvalue weighted by molar-refractivity contribution is 5.90. The summed E-state index contributed by atoms with van der Waals surface area (Å²) in [5.74, 6) is -0.270. The van der Waals surface area contributed by atoms with Crippen LogP contribution in [-0.2, 0) is 11.3 Å². The fourth-order valence-electron chi connectivity index (χ4n) is 3.40. The smallest absolute Gasteiger partial charge is 0.269 e. The van der Waals surface area contributed by atoms with Gasteiger partial charge < -0.3 is 5.32 Å². The molecule has 4 aromatic rings. The standard InChI is InChI=1S/C23H20N6O4/c1-15-12-16(2)28(26-15)23-25-20(17-6-4-3-5-7-17)13-22(31)27(23)14-21(30)24-18-8-10-19(11-9-18)29(32)33/h3-13H,14H2,1-2H3,(H,24,30). The average Bonchev–Trinajstić information content (AvgIpc) is 3.13. The van der Waals surface area contributed by atoms with Crippen LogP contribution in [0.4, 0.5) is 11.4 Å². The molecule has 0 radical (unpaired) electrons. The van der Waals surface area contributed by atoms with E-state index in [9.17, 15) is 19.7 Å². The zero-order chi connectivity index (χ0) is 23.5. The van der Waals surface area contributed by atoms with E-state index in [-0.39, 0.29) is 18.2 Å². The van der Waals surface area contributed by atoms with E-state index in [1.807, 2.05) is 50.2 Å². The van der Waals surface area contributed by atoms with Gasteiger partial charge in [-0.3, -0.25) is 24.3 Å². The van der Waals surface area contributed by atoms with Gasteiger partial charge in [-0.25, -0.2) is 9.67 Å². The van der Waals surface area contributed by atoms with Crippen LogP contribution in [-0.4, -0.2) is 30.2 Å². The van der Waals surface area contributed by atoms with Crippen molar-refractivity contribution in [2.24, 2.45) is 0 Å². The highest BCUT2D eigenvalue weighted by Gasteiger charge is 2.17. The number of non-ortho nitro benzene ring substituents is 1. The van der Waals surface area contributed by atoms with Crippen molar-refractivity contribution in [3.8, 4) is 17.2 Å². The summed E-state index contributed by atoms with van der Waals surface area (Å²) in [7, 11) is 0. The summed E-state index contributed by atoms with van der Waals surface area (Å²) in [5.41, 5.74) is 2.61. The summed E-state index contributed by atoms with van der Waals surface area (Å²) in [4.78, 5) is 40.7. The Kier molecular flexibility index (Phi) is 5.81. The lowest BCUT2D eigenvalue weighted by Crippen LogP contribution is -2.31. The number of amides is 1. The fourth-order valence-corrected chi connectivity index (χ4v) is 3.40. The van der Waals surface area contributed by atoms with Crippen molar-refractivity contribution in [3.63, 3.8) is 0 Å². The van der Waals surface area contributed by atoms with Crippen LogP contribution in [0.1, 0.15) is 11.4 Å². The molecule has 0 aliphatic heterocycles. The molecule has 1 N–H and O–H groups in total. The lowest BCUT2D eigenvalue weighted by atomic mass is 10.1. The summed E-state index contributed by atoms with van der Waals surface area (Å²) < 4.78 is 2.77. The molecule has 0 saturated carbocycles. The van der Waals surface area contributed by atoms with Crippen molar-refractivity contribution in [3.05, 3.63) is 98.6 Å². The highest BCUT2D eigenvalue weighted by atomic mass is 16.6. The molecule has 1 amide bonds.